The molecule has 0 atom stereocenters. The Labute approximate surface area is 74.4 Å². The minimum atomic E-state index is 0.406. The SMILES string of the molecule is Cc1nnc(Cl)c2cccnc12. The van der Waals surface area contributed by atoms with Gasteiger partial charge in [-0.25, -0.2) is 0 Å². The number of hydrogen-bond acceptors (Lipinski definition) is 3. The lowest BCUT2D eigenvalue weighted by molar-refractivity contribution is 0.995. The van der Waals surface area contributed by atoms with Gasteiger partial charge in [0.15, 0.2) is 5.15 Å². The van der Waals surface area contributed by atoms with Crippen LogP contribution in [0.2, 0.25) is 5.15 Å². The zero-order valence-corrected chi connectivity index (χ0v) is 7.21. The smallest absolute Gasteiger partial charge is 0.161 e. The maximum Gasteiger partial charge on any atom is 0.161 e. The third-order valence-electron chi connectivity index (χ3n) is 1.66. The maximum atomic E-state index is 5.82. The Morgan fingerprint density at radius 3 is 2.92 bits per heavy atom. The second-order valence-corrected chi connectivity index (χ2v) is 2.83. The first kappa shape index (κ1) is 7.43. The first-order chi connectivity index (χ1) is 5.79. The molecule has 0 aliphatic carbocycles. The number of fused-ring (bicyclic) bond motifs is 1. The summed E-state index contributed by atoms with van der Waals surface area (Å²) < 4.78 is 0. The van der Waals surface area contributed by atoms with E-state index in [1.807, 2.05) is 19.1 Å². The maximum absolute atomic E-state index is 5.82. The molecule has 0 radical (unpaired) electrons. The number of nitrogens with zero attached hydrogens (tertiary/aromatic N) is 3. The van der Waals surface area contributed by atoms with E-state index in [1.54, 1.807) is 6.20 Å². The zero-order valence-electron chi connectivity index (χ0n) is 6.45. The Kier molecular flexibility index (Phi) is 1.66. The lowest BCUT2D eigenvalue weighted by atomic mass is 10.2. The van der Waals surface area contributed by atoms with Crippen molar-refractivity contribution < 1.29 is 0 Å². The standard InChI is InChI=1S/C8H6ClN3/c1-5-7-6(3-2-4-10-7)8(9)12-11-5/h2-4H,1H3. The molecule has 0 unspecified atom stereocenters. The van der Waals surface area contributed by atoms with Crippen LogP contribution in [0.4, 0.5) is 0 Å². The Balaban J connectivity index is 2.95. The first-order valence-corrected chi connectivity index (χ1v) is 3.90. The number of hydrogen-bond donors (Lipinski definition) is 0. The van der Waals surface area contributed by atoms with Crippen molar-refractivity contribution in [2.45, 2.75) is 6.92 Å². The molecule has 12 heavy (non-hydrogen) atoms. The normalized spacial score (nSPS) is 10.5. The molecular formula is C8H6ClN3. The van der Waals surface area contributed by atoms with Crippen molar-refractivity contribution in [1.82, 2.24) is 15.2 Å². The summed E-state index contributed by atoms with van der Waals surface area (Å²) in [4.78, 5) is 4.15. The van der Waals surface area contributed by atoms with Crippen LogP contribution in [0.1, 0.15) is 5.69 Å². The van der Waals surface area contributed by atoms with Crippen LogP contribution in [0.25, 0.3) is 10.9 Å². The summed E-state index contributed by atoms with van der Waals surface area (Å²) in [5, 5.41) is 8.90. The third kappa shape index (κ3) is 1.02. The fourth-order valence-corrected chi connectivity index (χ4v) is 1.27. The van der Waals surface area contributed by atoms with Gasteiger partial charge in [-0.15, -0.1) is 5.10 Å². The van der Waals surface area contributed by atoms with Crippen molar-refractivity contribution in [3.8, 4) is 0 Å². The lowest BCUT2D eigenvalue weighted by Gasteiger charge is -1.98. The average Bonchev–Trinajstić information content (AvgIpc) is 2.12. The predicted molar refractivity (Wildman–Crippen MR) is 47.1 cm³/mol. The second kappa shape index (κ2) is 2.68. The van der Waals surface area contributed by atoms with Crippen molar-refractivity contribution in [3.63, 3.8) is 0 Å². The van der Waals surface area contributed by atoms with Gasteiger partial charge in [0.05, 0.1) is 11.2 Å². The number of halogens is 1. The molecule has 0 spiro atoms. The molecule has 0 saturated heterocycles. The molecule has 0 aliphatic rings. The monoisotopic (exact) mass is 179 g/mol. The molecule has 60 valence electrons. The summed E-state index contributed by atoms with van der Waals surface area (Å²) >= 11 is 5.82. The fraction of sp³-hybridized carbons (Fsp3) is 0.125. The van der Waals surface area contributed by atoms with Gasteiger partial charge in [0.2, 0.25) is 0 Å². The van der Waals surface area contributed by atoms with Gasteiger partial charge >= 0.3 is 0 Å². The highest BCUT2D eigenvalue weighted by Crippen LogP contribution is 2.19. The highest BCUT2D eigenvalue weighted by molar-refractivity contribution is 6.34. The van der Waals surface area contributed by atoms with Gasteiger partial charge in [-0.05, 0) is 19.1 Å². The van der Waals surface area contributed by atoms with Crippen LogP contribution in [0, 0.1) is 6.92 Å². The molecule has 0 aromatic carbocycles. The topological polar surface area (TPSA) is 38.7 Å². The van der Waals surface area contributed by atoms with Crippen LogP contribution in [0.5, 0.6) is 0 Å². The van der Waals surface area contributed by atoms with Crippen LogP contribution < -0.4 is 0 Å². The summed E-state index contributed by atoms with van der Waals surface area (Å²) in [6, 6.07) is 3.71. The minimum Gasteiger partial charge on any atom is -0.254 e. The summed E-state index contributed by atoms with van der Waals surface area (Å²) in [5.41, 5.74) is 1.62. The van der Waals surface area contributed by atoms with Crippen molar-refractivity contribution in [2.24, 2.45) is 0 Å². The number of aryl methyl sites for hydroxylation is 1. The number of pyridine rings is 1. The van der Waals surface area contributed by atoms with Crippen LogP contribution >= 0.6 is 11.6 Å². The van der Waals surface area contributed by atoms with Crippen molar-refractivity contribution in [3.05, 3.63) is 29.2 Å². The van der Waals surface area contributed by atoms with E-state index in [9.17, 15) is 0 Å². The van der Waals surface area contributed by atoms with Gasteiger partial charge in [0, 0.05) is 11.6 Å². The molecule has 4 heteroatoms. The molecule has 3 nitrogen and oxygen atoms in total. The molecule has 2 rings (SSSR count). The number of aromatic nitrogens is 3. The van der Waals surface area contributed by atoms with Crippen LogP contribution in [0.3, 0.4) is 0 Å². The molecule has 0 bridgehead atoms. The Hall–Kier alpha value is -1.22. The van der Waals surface area contributed by atoms with Crippen LogP contribution in [0.15, 0.2) is 18.3 Å². The molecule has 0 amide bonds. The van der Waals surface area contributed by atoms with Gasteiger partial charge in [-0.2, -0.15) is 5.10 Å². The van der Waals surface area contributed by atoms with E-state index >= 15 is 0 Å². The van der Waals surface area contributed by atoms with E-state index in [2.05, 4.69) is 15.2 Å². The van der Waals surface area contributed by atoms with Crippen LogP contribution in [-0.4, -0.2) is 15.2 Å². The molecule has 0 N–H and O–H groups in total. The first-order valence-electron chi connectivity index (χ1n) is 3.52. The van der Waals surface area contributed by atoms with Gasteiger partial charge in [0.1, 0.15) is 0 Å². The van der Waals surface area contributed by atoms with E-state index in [0.717, 1.165) is 16.6 Å². The van der Waals surface area contributed by atoms with Crippen LogP contribution in [-0.2, 0) is 0 Å². The Morgan fingerprint density at radius 1 is 1.33 bits per heavy atom. The summed E-state index contributed by atoms with van der Waals surface area (Å²) in [6.07, 6.45) is 1.72. The second-order valence-electron chi connectivity index (χ2n) is 2.48. The average molecular weight is 180 g/mol. The fourth-order valence-electron chi connectivity index (χ4n) is 1.08. The number of rotatable bonds is 0. The molecule has 0 saturated carbocycles. The quantitative estimate of drug-likeness (QED) is 0.621. The largest absolute Gasteiger partial charge is 0.254 e. The van der Waals surface area contributed by atoms with E-state index in [0.29, 0.717) is 5.15 Å². The molecule has 0 aliphatic heterocycles. The van der Waals surface area contributed by atoms with Gasteiger partial charge < -0.3 is 0 Å². The predicted octanol–water partition coefficient (Wildman–Crippen LogP) is 1.99. The van der Waals surface area contributed by atoms with Crippen molar-refractivity contribution >= 4 is 22.5 Å². The van der Waals surface area contributed by atoms with Gasteiger partial charge in [-0.1, -0.05) is 11.6 Å². The highest BCUT2D eigenvalue weighted by Gasteiger charge is 2.03. The Morgan fingerprint density at radius 2 is 2.17 bits per heavy atom. The summed E-state index contributed by atoms with van der Waals surface area (Å²) in [7, 11) is 0. The minimum absolute atomic E-state index is 0.406. The molecule has 0 fully saturated rings. The van der Waals surface area contributed by atoms with Crippen molar-refractivity contribution in [2.75, 3.05) is 0 Å². The van der Waals surface area contributed by atoms with Gasteiger partial charge in [0.25, 0.3) is 0 Å². The van der Waals surface area contributed by atoms with E-state index in [4.69, 9.17) is 11.6 Å². The zero-order chi connectivity index (χ0) is 8.55. The molecule has 2 heterocycles. The summed E-state index contributed by atoms with van der Waals surface area (Å²) in [6.45, 7) is 1.86. The van der Waals surface area contributed by atoms with E-state index in [-0.39, 0.29) is 0 Å². The summed E-state index contributed by atoms with van der Waals surface area (Å²) in [5.74, 6) is 0. The highest BCUT2D eigenvalue weighted by atomic mass is 35.5. The molecule has 2 aromatic heterocycles. The molecular weight excluding hydrogens is 174 g/mol. The van der Waals surface area contributed by atoms with E-state index < -0.39 is 0 Å². The lowest BCUT2D eigenvalue weighted by Crippen LogP contribution is -1.91. The van der Waals surface area contributed by atoms with Gasteiger partial charge in [-0.3, -0.25) is 4.98 Å². The van der Waals surface area contributed by atoms with Crippen molar-refractivity contribution in [1.29, 1.82) is 0 Å². The van der Waals surface area contributed by atoms with E-state index in [1.165, 1.54) is 0 Å². The Bertz CT molecular complexity index is 387. The molecule has 2 aromatic rings. The third-order valence-corrected chi connectivity index (χ3v) is 1.94.